The molecule has 0 bridgehead atoms. The Kier molecular flexibility index (Phi) is 4.46. The summed E-state index contributed by atoms with van der Waals surface area (Å²) in [6.45, 7) is 7.36. The summed E-state index contributed by atoms with van der Waals surface area (Å²) in [7, 11) is 0. The van der Waals surface area contributed by atoms with Crippen molar-refractivity contribution < 1.29 is 9.90 Å². The summed E-state index contributed by atoms with van der Waals surface area (Å²) in [5.74, 6) is 0.0888. The van der Waals surface area contributed by atoms with E-state index in [1.165, 1.54) is 0 Å². The van der Waals surface area contributed by atoms with Crippen LogP contribution in [0.15, 0.2) is 0 Å². The topological polar surface area (TPSA) is 37.3 Å². The molecule has 2 heteroatoms. The van der Waals surface area contributed by atoms with Crippen molar-refractivity contribution in [2.45, 2.75) is 53.1 Å². The molecule has 0 unspecified atom stereocenters. The number of Topliss-reactive ketones (excluding diaryl/α,β-unsaturated/α-hetero) is 1. The van der Waals surface area contributed by atoms with Gasteiger partial charge in [0.05, 0.1) is 11.5 Å². The van der Waals surface area contributed by atoms with Crippen molar-refractivity contribution in [2.75, 3.05) is 0 Å². The molecule has 0 aromatic carbocycles. The first-order valence-electron chi connectivity index (χ1n) is 4.68. The lowest BCUT2D eigenvalue weighted by Gasteiger charge is -2.30. The van der Waals surface area contributed by atoms with Crippen LogP contribution < -0.4 is 0 Å². The molecule has 0 fully saturated rings. The van der Waals surface area contributed by atoms with E-state index < -0.39 is 11.5 Å². The fourth-order valence-electron chi connectivity index (χ4n) is 1.31. The molecule has 0 saturated carbocycles. The predicted molar refractivity (Wildman–Crippen MR) is 50.0 cm³/mol. The number of carbonyl (C=O) groups excluding carboxylic acids is 1. The second kappa shape index (κ2) is 4.61. The maximum Gasteiger partial charge on any atom is 0.138 e. The minimum absolute atomic E-state index is 0.0888. The largest absolute Gasteiger partial charge is 0.392 e. The van der Waals surface area contributed by atoms with Crippen molar-refractivity contribution in [3.63, 3.8) is 0 Å². The van der Waals surface area contributed by atoms with Crippen LogP contribution in [0.2, 0.25) is 0 Å². The van der Waals surface area contributed by atoms with Gasteiger partial charge in [0.25, 0.3) is 0 Å². The first kappa shape index (κ1) is 11.6. The third kappa shape index (κ3) is 2.31. The molecule has 0 saturated heterocycles. The lowest BCUT2D eigenvalue weighted by molar-refractivity contribution is -0.132. The van der Waals surface area contributed by atoms with E-state index in [9.17, 15) is 9.90 Å². The zero-order valence-corrected chi connectivity index (χ0v) is 8.55. The summed E-state index contributed by atoms with van der Waals surface area (Å²) in [6, 6.07) is 0. The van der Waals surface area contributed by atoms with E-state index >= 15 is 0 Å². The molecule has 0 aromatic rings. The molecule has 0 spiro atoms. The molecule has 0 aliphatic carbocycles. The van der Waals surface area contributed by atoms with Crippen LogP contribution in [0.3, 0.4) is 0 Å². The predicted octanol–water partition coefficient (Wildman–Crippen LogP) is 2.15. The Bertz CT molecular complexity index is 154. The van der Waals surface area contributed by atoms with Gasteiger partial charge in [-0.05, 0) is 19.8 Å². The molecule has 0 amide bonds. The van der Waals surface area contributed by atoms with Gasteiger partial charge in [-0.2, -0.15) is 0 Å². The first-order valence-corrected chi connectivity index (χ1v) is 4.68. The Morgan fingerprint density at radius 2 is 2.00 bits per heavy atom. The van der Waals surface area contributed by atoms with Gasteiger partial charge in [-0.1, -0.05) is 27.2 Å². The number of hydrogen-bond donors (Lipinski definition) is 1. The van der Waals surface area contributed by atoms with Crippen LogP contribution in [0.1, 0.15) is 47.0 Å². The maximum atomic E-state index is 11.3. The molecule has 0 heterocycles. The molecule has 0 aromatic heterocycles. The van der Waals surface area contributed by atoms with E-state index in [4.69, 9.17) is 0 Å². The third-order valence-corrected chi connectivity index (χ3v) is 2.84. The summed E-state index contributed by atoms with van der Waals surface area (Å²) >= 11 is 0. The van der Waals surface area contributed by atoms with Gasteiger partial charge in [0.1, 0.15) is 5.78 Å². The molecule has 2 atom stereocenters. The summed E-state index contributed by atoms with van der Waals surface area (Å²) in [4.78, 5) is 11.3. The molecular formula is C10H20O2. The number of carbonyl (C=O) groups is 1. The van der Waals surface area contributed by atoms with Crippen LogP contribution >= 0.6 is 0 Å². The molecule has 1 N–H and O–H groups in total. The number of aliphatic hydroxyl groups is 1. The molecule has 72 valence electrons. The van der Waals surface area contributed by atoms with Crippen molar-refractivity contribution >= 4 is 5.78 Å². The molecule has 0 aliphatic heterocycles. The van der Waals surface area contributed by atoms with Crippen LogP contribution in [0.5, 0.6) is 0 Å². The van der Waals surface area contributed by atoms with Gasteiger partial charge in [-0.3, -0.25) is 4.79 Å². The van der Waals surface area contributed by atoms with Gasteiger partial charge in [-0.25, -0.2) is 0 Å². The smallest absolute Gasteiger partial charge is 0.138 e. The second-order valence-electron chi connectivity index (χ2n) is 3.63. The highest BCUT2D eigenvalue weighted by molar-refractivity contribution is 5.82. The molecule has 12 heavy (non-hydrogen) atoms. The van der Waals surface area contributed by atoms with Gasteiger partial charge >= 0.3 is 0 Å². The Balaban J connectivity index is 4.39. The van der Waals surface area contributed by atoms with Crippen molar-refractivity contribution in [1.29, 1.82) is 0 Å². The number of hydrogen-bond acceptors (Lipinski definition) is 2. The van der Waals surface area contributed by atoms with Crippen LogP contribution in [0.4, 0.5) is 0 Å². The first-order chi connectivity index (χ1) is 5.49. The average Bonchev–Trinajstić information content (AvgIpc) is 2.03. The summed E-state index contributed by atoms with van der Waals surface area (Å²) in [6.07, 6.45) is 1.86. The normalized spacial score (nSPS) is 18.4. The zero-order valence-electron chi connectivity index (χ0n) is 8.55. The molecule has 0 radical (unpaired) electrons. The van der Waals surface area contributed by atoms with Gasteiger partial charge in [0.15, 0.2) is 0 Å². The maximum absolute atomic E-state index is 11.3. The number of aliphatic hydroxyl groups excluding tert-OH is 1. The summed E-state index contributed by atoms with van der Waals surface area (Å²) in [5, 5.41) is 9.72. The number of rotatable bonds is 5. The van der Waals surface area contributed by atoms with Crippen molar-refractivity contribution in [1.82, 2.24) is 0 Å². The van der Waals surface area contributed by atoms with Gasteiger partial charge in [0, 0.05) is 0 Å². The lowest BCUT2D eigenvalue weighted by atomic mass is 9.76. The van der Waals surface area contributed by atoms with Crippen LogP contribution in [-0.2, 0) is 4.79 Å². The minimum atomic E-state index is -0.532. The highest BCUT2D eigenvalue weighted by atomic mass is 16.3. The lowest BCUT2D eigenvalue weighted by Crippen LogP contribution is -2.37. The molecular weight excluding hydrogens is 152 g/mol. The van der Waals surface area contributed by atoms with Gasteiger partial charge in [0.2, 0.25) is 0 Å². The molecule has 0 aliphatic rings. The fourth-order valence-corrected chi connectivity index (χ4v) is 1.31. The molecule has 0 rings (SSSR count). The Hall–Kier alpha value is -0.370. The van der Waals surface area contributed by atoms with E-state index in [2.05, 4.69) is 0 Å². The third-order valence-electron chi connectivity index (χ3n) is 2.84. The van der Waals surface area contributed by atoms with E-state index in [1.807, 2.05) is 20.8 Å². The van der Waals surface area contributed by atoms with Gasteiger partial charge in [-0.15, -0.1) is 0 Å². The fraction of sp³-hybridized carbons (Fsp3) is 0.900. The Morgan fingerprint density at radius 3 is 2.25 bits per heavy atom. The average molecular weight is 172 g/mol. The summed E-state index contributed by atoms with van der Waals surface area (Å²) in [5.41, 5.74) is -0.532. The zero-order chi connectivity index (χ0) is 9.78. The van der Waals surface area contributed by atoms with Crippen molar-refractivity contribution in [3.05, 3.63) is 0 Å². The van der Waals surface area contributed by atoms with E-state index in [-0.39, 0.29) is 5.78 Å². The van der Waals surface area contributed by atoms with Crippen LogP contribution in [-0.4, -0.2) is 17.0 Å². The van der Waals surface area contributed by atoms with Crippen molar-refractivity contribution in [3.8, 4) is 0 Å². The highest BCUT2D eigenvalue weighted by Gasteiger charge is 2.34. The summed E-state index contributed by atoms with van der Waals surface area (Å²) < 4.78 is 0. The van der Waals surface area contributed by atoms with E-state index in [0.717, 1.165) is 6.42 Å². The highest BCUT2D eigenvalue weighted by Crippen LogP contribution is 2.29. The minimum Gasteiger partial charge on any atom is -0.392 e. The van der Waals surface area contributed by atoms with Gasteiger partial charge < -0.3 is 5.11 Å². The van der Waals surface area contributed by atoms with Crippen LogP contribution in [0, 0.1) is 5.41 Å². The Labute approximate surface area is 75.0 Å². The second-order valence-corrected chi connectivity index (χ2v) is 3.63. The SMILES string of the molecule is CCC[C@H](O)[C@@](C)(CC)C(C)=O. The quantitative estimate of drug-likeness (QED) is 0.690. The number of ketones is 1. The Morgan fingerprint density at radius 1 is 1.50 bits per heavy atom. The monoisotopic (exact) mass is 172 g/mol. The van der Waals surface area contributed by atoms with Crippen molar-refractivity contribution in [2.24, 2.45) is 5.41 Å². The van der Waals surface area contributed by atoms with Crippen LogP contribution in [0.25, 0.3) is 0 Å². The van der Waals surface area contributed by atoms with E-state index in [0.29, 0.717) is 12.8 Å². The molecule has 2 nitrogen and oxygen atoms in total. The van der Waals surface area contributed by atoms with E-state index in [1.54, 1.807) is 6.92 Å². The standard InChI is InChI=1S/C10H20O2/c1-5-7-9(12)10(4,6-2)8(3)11/h9,12H,5-7H2,1-4H3/t9-,10-/m0/s1.